The summed E-state index contributed by atoms with van der Waals surface area (Å²) in [6.45, 7) is 6.52. The minimum absolute atomic E-state index is 0.663. The van der Waals surface area contributed by atoms with Gasteiger partial charge in [-0.15, -0.1) is 0 Å². The lowest BCUT2D eigenvalue weighted by molar-refractivity contribution is 0.233. The zero-order valence-electron chi connectivity index (χ0n) is 19.7. The smallest absolute Gasteiger partial charge is 0.228 e. The molecule has 5 rings (SSSR count). The van der Waals surface area contributed by atoms with Crippen molar-refractivity contribution in [2.45, 2.75) is 19.5 Å². The maximum atomic E-state index is 6.36. The molecule has 2 aliphatic rings. The summed E-state index contributed by atoms with van der Waals surface area (Å²) < 4.78 is 13.8. The normalized spacial score (nSPS) is 17.1. The molecule has 3 aromatic rings. The van der Waals surface area contributed by atoms with Gasteiger partial charge in [0.1, 0.15) is 11.5 Å². The molecule has 0 unspecified atom stereocenters. The van der Waals surface area contributed by atoms with Crippen molar-refractivity contribution in [3.63, 3.8) is 0 Å². The average Bonchev–Trinajstić information content (AvgIpc) is 3.24. The first-order chi connectivity index (χ1) is 16.1. The van der Waals surface area contributed by atoms with Crippen LogP contribution in [0.1, 0.15) is 17.0 Å². The zero-order chi connectivity index (χ0) is 22.8. The van der Waals surface area contributed by atoms with E-state index >= 15 is 0 Å². The van der Waals surface area contributed by atoms with Crippen molar-refractivity contribution in [2.24, 2.45) is 7.05 Å². The van der Waals surface area contributed by atoms with Crippen molar-refractivity contribution in [1.29, 1.82) is 0 Å². The highest BCUT2D eigenvalue weighted by molar-refractivity contribution is 5.44. The first kappa shape index (κ1) is 21.7. The monoisotopic (exact) mass is 448 g/mol. The molecule has 2 aliphatic heterocycles. The lowest BCUT2D eigenvalue weighted by atomic mass is 10.1. The molecule has 0 saturated carbocycles. The molecule has 1 aromatic carbocycles. The van der Waals surface area contributed by atoms with Crippen LogP contribution in [0.25, 0.3) is 0 Å². The van der Waals surface area contributed by atoms with E-state index in [0.29, 0.717) is 5.88 Å². The van der Waals surface area contributed by atoms with E-state index in [9.17, 15) is 0 Å². The highest BCUT2D eigenvalue weighted by atomic mass is 16.5. The van der Waals surface area contributed by atoms with E-state index in [2.05, 4.69) is 51.7 Å². The molecule has 1 saturated heterocycles. The van der Waals surface area contributed by atoms with E-state index in [1.807, 2.05) is 24.3 Å². The third-order valence-electron chi connectivity index (χ3n) is 6.59. The fourth-order valence-corrected chi connectivity index (χ4v) is 4.44. The molecule has 8 nitrogen and oxygen atoms in total. The summed E-state index contributed by atoms with van der Waals surface area (Å²) in [5, 5.41) is 0. The summed E-state index contributed by atoms with van der Waals surface area (Å²) in [4.78, 5) is 17.0. The Bertz CT molecular complexity index is 1090. The molecule has 4 heterocycles. The summed E-state index contributed by atoms with van der Waals surface area (Å²) in [6, 6.07) is 11.9. The third kappa shape index (κ3) is 4.82. The zero-order valence-corrected chi connectivity index (χ0v) is 19.7. The second-order valence-corrected chi connectivity index (χ2v) is 8.89. The number of piperazine rings is 1. The minimum Gasteiger partial charge on any atom is -0.497 e. The van der Waals surface area contributed by atoms with Gasteiger partial charge in [0, 0.05) is 71.2 Å². The van der Waals surface area contributed by atoms with Gasteiger partial charge in [-0.2, -0.15) is 4.98 Å². The van der Waals surface area contributed by atoms with Gasteiger partial charge >= 0.3 is 0 Å². The molecule has 0 radical (unpaired) electrons. The molecular weight excluding hydrogens is 416 g/mol. The van der Waals surface area contributed by atoms with Gasteiger partial charge in [-0.05, 0) is 43.4 Å². The highest BCUT2D eigenvalue weighted by Crippen LogP contribution is 2.32. The quantitative estimate of drug-likeness (QED) is 0.575. The number of nitrogens with zero attached hydrogens (tertiary/aromatic N) is 6. The van der Waals surface area contributed by atoms with E-state index in [1.54, 1.807) is 7.11 Å². The van der Waals surface area contributed by atoms with Crippen molar-refractivity contribution in [1.82, 2.24) is 24.3 Å². The molecule has 0 spiro atoms. The number of likely N-dealkylation sites (N-methyl/N-ethyl adjacent to an activating group) is 1. The van der Waals surface area contributed by atoms with E-state index in [4.69, 9.17) is 19.4 Å². The second-order valence-electron chi connectivity index (χ2n) is 8.89. The predicted octanol–water partition coefficient (Wildman–Crippen LogP) is 2.93. The predicted molar refractivity (Wildman–Crippen MR) is 128 cm³/mol. The van der Waals surface area contributed by atoms with Crippen LogP contribution in [-0.2, 0) is 26.6 Å². The number of hydrogen-bond donors (Lipinski definition) is 0. The summed E-state index contributed by atoms with van der Waals surface area (Å²) in [7, 11) is 5.92. The van der Waals surface area contributed by atoms with Gasteiger partial charge < -0.3 is 23.8 Å². The van der Waals surface area contributed by atoms with Crippen molar-refractivity contribution >= 4 is 5.95 Å². The molecule has 0 amide bonds. The van der Waals surface area contributed by atoms with Gasteiger partial charge in [0.25, 0.3) is 0 Å². The van der Waals surface area contributed by atoms with E-state index < -0.39 is 0 Å². The standard InChI is InChI=1S/C25H32N6O2/c1-28-13-15-31(16-14-28)25-26-23-10-12-30(17-19-5-4-11-29(19)2)18-22(23)24(27-25)33-21-8-6-20(32-3)7-9-21/h4-9,11H,10,12-18H2,1-3H3. The molecule has 0 bridgehead atoms. The Morgan fingerprint density at radius 1 is 0.909 bits per heavy atom. The number of ether oxygens (including phenoxy) is 2. The molecule has 174 valence electrons. The van der Waals surface area contributed by atoms with Crippen molar-refractivity contribution in [3.8, 4) is 17.4 Å². The molecule has 8 heteroatoms. The Balaban J connectivity index is 1.44. The van der Waals surface area contributed by atoms with Crippen LogP contribution in [0.2, 0.25) is 0 Å². The van der Waals surface area contributed by atoms with Crippen LogP contribution < -0.4 is 14.4 Å². The molecular formula is C25H32N6O2. The first-order valence-electron chi connectivity index (χ1n) is 11.6. The molecule has 2 aromatic heterocycles. The van der Waals surface area contributed by atoms with Crippen molar-refractivity contribution in [2.75, 3.05) is 51.8 Å². The topological polar surface area (TPSA) is 58.9 Å². The molecule has 0 aliphatic carbocycles. The summed E-state index contributed by atoms with van der Waals surface area (Å²) in [5.74, 6) is 3.00. The fraction of sp³-hybridized carbons (Fsp3) is 0.440. The fourth-order valence-electron chi connectivity index (χ4n) is 4.44. The number of methoxy groups -OCH3 is 1. The molecule has 0 atom stereocenters. The maximum Gasteiger partial charge on any atom is 0.228 e. The number of benzene rings is 1. The third-order valence-corrected chi connectivity index (χ3v) is 6.59. The van der Waals surface area contributed by atoms with Crippen molar-refractivity contribution < 1.29 is 9.47 Å². The first-order valence-corrected chi connectivity index (χ1v) is 11.6. The Morgan fingerprint density at radius 2 is 1.67 bits per heavy atom. The van der Waals surface area contributed by atoms with E-state index in [-0.39, 0.29) is 0 Å². The van der Waals surface area contributed by atoms with Gasteiger partial charge in [0.2, 0.25) is 11.8 Å². The lowest BCUT2D eigenvalue weighted by Crippen LogP contribution is -2.45. The number of fused-ring (bicyclic) bond motifs is 1. The number of hydrogen-bond acceptors (Lipinski definition) is 7. The number of aryl methyl sites for hydroxylation is 1. The summed E-state index contributed by atoms with van der Waals surface area (Å²) in [5.41, 5.74) is 3.49. The SMILES string of the molecule is COc1ccc(Oc2nc(N3CCN(C)CC3)nc3c2CN(Cc2cccn2C)CC3)cc1. The highest BCUT2D eigenvalue weighted by Gasteiger charge is 2.27. The van der Waals surface area contributed by atoms with Crippen LogP contribution in [0, 0.1) is 0 Å². The average molecular weight is 449 g/mol. The van der Waals surface area contributed by atoms with Gasteiger partial charge in [-0.3, -0.25) is 4.90 Å². The molecule has 0 N–H and O–H groups in total. The van der Waals surface area contributed by atoms with E-state index in [0.717, 1.165) is 80.9 Å². The lowest BCUT2D eigenvalue weighted by Gasteiger charge is -2.34. The Kier molecular flexibility index (Phi) is 6.20. The second kappa shape index (κ2) is 9.41. The summed E-state index contributed by atoms with van der Waals surface area (Å²) in [6.07, 6.45) is 2.98. The van der Waals surface area contributed by atoms with Crippen LogP contribution >= 0.6 is 0 Å². The van der Waals surface area contributed by atoms with Crippen LogP contribution in [0.15, 0.2) is 42.6 Å². The Morgan fingerprint density at radius 3 is 2.36 bits per heavy atom. The maximum absolute atomic E-state index is 6.36. The Hall–Kier alpha value is -3.10. The van der Waals surface area contributed by atoms with Gasteiger partial charge in [0.15, 0.2) is 0 Å². The molecule has 33 heavy (non-hydrogen) atoms. The summed E-state index contributed by atoms with van der Waals surface area (Å²) >= 11 is 0. The minimum atomic E-state index is 0.663. The van der Waals surface area contributed by atoms with Crippen LogP contribution in [-0.4, -0.2) is 71.2 Å². The van der Waals surface area contributed by atoms with Gasteiger partial charge in [-0.1, -0.05) is 0 Å². The van der Waals surface area contributed by atoms with Crippen molar-refractivity contribution in [3.05, 3.63) is 59.5 Å². The molecule has 1 fully saturated rings. The van der Waals surface area contributed by atoms with Crippen LogP contribution in [0.3, 0.4) is 0 Å². The largest absolute Gasteiger partial charge is 0.497 e. The van der Waals surface area contributed by atoms with Gasteiger partial charge in [-0.25, -0.2) is 4.98 Å². The van der Waals surface area contributed by atoms with Crippen LogP contribution in [0.4, 0.5) is 5.95 Å². The number of anilines is 1. The Labute approximate surface area is 195 Å². The van der Waals surface area contributed by atoms with Crippen LogP contribution in [0.5, 0.6) is 17.4 Å². The van der Waals surface area contributed by atoms with E-state index in [1.165, 1.54) is 5.69 Å². The van der Waals surface area contributed by atoms with Gasteiger partial charge in [0.05, 0.1) is 18.4 Å². The number of rotatable bonds is 6. The number of aromatic nitrogens is 3.